The van der Waals surface area contributed by atoms with Crippen molar-refractivity contribution < 1.29 is 22.7 Å². The van der Waals surface area contributed by atoms with Gasteiger partial charge in [-0.1, -0.05) is 12.1 Å². The molecule has 8 nitrogen and oxygen atoms in total. The number of carbonyl (C=O) groups is 1. The number of morpholine rings is 1. The Morgan fingerprint density at radius 1 is 1.18 bits per heavy atom. The van der Waals surface area contributed by atoms with Crippen molar-refractivity contribution in [1.29, 1.82) is 5.26 Å². The van der Waals surface area contributed by atoms with Crippen LogP contribution in [0.2, 0.25) is 0 Å². The quantitative estimate of drug-likeness (QED) is 0.481. The minimum atomic E-state index is -3.56. The number of ether oxygens (including phenoxy) is 2. The van der Waals surface area contributed by atoms with Crippen molar-refractivity contribution in [3.8, 4) is 6.07 Å². The molecule has 0 radical (unpaired) electrons. The first-order valence-corrected chi connectivity index (χ1v) is 12.6. The molecule has 1 fully saturated rings. The van der Waals surface area contributed by atoms with Gasteiger partial charge in [-0.25, -0.2) is 8.42 Å². The zero-order valence-electron chi connectivity index (χ0n) is 19.3. The number of benzene rings is 1. The summed E-state index contributed by atoms with van der Waals surface area (Å²) < 4.78 is 39.6. The van der Waals surface area contributed by atoms with Crippen LogP contribution in [-0.4, -0.2) is 56.0 Å². The van der Waals surface area contributed by atoms with Gasteiger partial charge in [0.2, 0.25) is 10.0 Å². The van der Waals surface area contributed by atoms with E-state index < -0.39 is 10.0 Å². The number of fused-ring (bicyclic) bond motifs is 1. The zero-order valence-corrected chi connectivity index (χ0v) is 20.1. The normalized spacial score (nSPS) is 14.7. The van der Waals surface area contributed by atoms with E-state index in [9.17, 15) is 18.5 Å². The van der Waals surface area contributed by atoms with Gasteiger partial charge in [0.1, 0.15) is 0 Å². The van der Waals surface area contributed by atoms with Gasteiger partial charge in [0.15, 0.2) is 0 Å². The third-order valence-corrected chi connectivity index (χ3v) is 8.01. The first-order chi connectivity index (χ1) is 16.3. The molecule has 1 aliphatic rings. The SMILES string of the molecule is CCOC(=O)Cc1c(C)c(Cc2ccc(S(=O)(=O)N3CCOCC3)cc2)c2cc(C#N)ccn12. The predicted molar refractivity (Wildman–Crippen MR) is 126 cm³/mol. The fourth-order valence-electron chi connectivity index (χ4n) is 4.29. The Morgan fingerprint density at radius 2 is 1.88 bits per heavy atom. The summed E-state index contributed by atoms with van der Waals surface area (Å²) in [7, 11) is -3.56. The molecule has 0 aliphatic carbocycles. The van der Waals surface area contributed by atoms with Crippen molar-refractivity contribution in [2.24, 2.45) is 0 Å². The molecule has 0 atom stereocenters. The van der Waals surface area contributed by atoms with Gasteiger partial charge in [-0.2, -0.15) is 9.57 Å². The summed E-state index contributed by atoms with van der Waals surface area (Å²) in [5.41, 5.74) is 5.07. The summed E-state index contributed by atoms with van der Waals surface area (Å²) in [5, 5.41) is 9.38. The van der Waals surface area contributed by atoms with E-state index in [0.717, 1.165) is 27.9 Å². The number of rotatable bonds is 7. The monoisotopic (exact) mass is 481 g/mol. The molecule has 9 heteroatoms. The Hall–Kier alpha value is -3.19. The molecule has 1 saturated heterocycles. The Kier molecular flexibility index (Phi) is 7.03. The van der Waals surface area contributed by atoms with E-state index in [1.165, 1.54) is 4.31 Å². The molecule has 1 aromatic carbocycles. The number of carbonyl (C=O) groups excluding carboxylic acids is 1. The molecular weight excluding hydrogens is 454 g/mol. The third-order valence-electron chi connectivity index (χ3n) is 6.10. The number of nitrogens with zero attached hydrogens (tertiary/aromatic N) is 3. The lowest BCUT2D eigenvalue weighted by atomic mass is 10.0. The Balaban J connectivity index is 1.67. The highest BCUT2D eigenvalue weighted by atomic mass is 32.2. The van der Waals surface area contributed by atoms with Crippen LogP contribution in [0, 0.1) is 18.3 Å². The first-order valence-electron chi connectivity index (χ1n) is 11.2. The molecule has 2 aromatic heterocycles. The number of hydrogen-bond acceptors (Lipinski definition) is 6. The van der Waals surface area contributed by atoms with Crippen molar-refractivity contribution in [3.05, 3.63) is 70.5 Å². The van der Waals surface area contributed by atoms with E-state index in [1.807, 2.05) is 29.5 Å². The lowest BCUT2D eigenvalue weighted by molar-refractivity contribution is -0.142. The van der Waals surface area contributed by atoms with Crippen LogP contribution < -0.4 is 0 Å². The summed E-state index contributed by atoms with van der Waals surface area (Å²) in [5.74, 6) is -0.307. The van der Waals surface area contributed by atoms with E-state index in [2.05, 4.69) is 6.07 Å². The number of hydrogen-bond donors (Lipinski definition) is 0. The molecule has 178 valence electrons. The second kappa shape index (κ2) is 9.97. The van der Waals surface area contributed by atoms with Crippen LogP contribution in [0.1, 0.15) is 34.9 Å². The summed E-state index contributed by atoms with van der Waals surface area (Å²) in [6, 6.07) is 12.6. The second-order valence-corrected chi connectivity index (χ2v) is 10.1. The number of pyridine rings is 1. The Labute approximate surface area is 199 Å². The molecule has 4 rings (SSSR count). The van der Waals surface area contributed by atoms with Gasteiger partial charge in [-0.3, -0.25) is 4.79 Å². The first kappa shape index (κ1) is 24.0. The van der Waals surface area contributed by atoms with Crippen LogP contribution in [0.15, 0.2) is 47.5 Å². The fourth-order valence-corrected chi connectivity index (χ4v) is 5.70. The average Bonchev–Trinajstić information content (AvgIpc) is 3.10. The summed E-state index contributed by atoms with van der Waals surface area (Å²) in [6.07, 6.45) is 2.46. The van der Waals surface area contributed by atoms with Crippen molar-refractivity contribution in [2.45, 2.75) is 31.6 Å². The molecule has 0 bridgehead atoms. The van der Waals surface area contributed by atoms with Gasteiger partial charge in [0.05, 0.1) is 48.3 Å². The third kappa shape index (κ3) is 4.71. The Bertz CT molecular complexity index is 1350. The lowest BCUT2D eigenvalue weighted by Gasteiger charge is -2.26. The molecule has 3 heterocycles. The average molecular weight is 482 g/mol. The minimum absolute atomic E-state index is 0.128. The number of nitriles is 1. The van der Waals surface area contributed by atoms with Crippen LogP contribution in [0.4, 0.5) is 0 Å². The van der Waals surface area contributed by atoms with E-state index in [-0.39, 0.29) is 17.3 Å². The molecule has 3 aromatic rings. The maximum absolute atomic E-state index is 12.9. The highest BCUT2D eigenvalue weighted by Gasteiger charge is 2.26. The largest absolute Gasteiger partial charge is 0.466 e. The van der Waals surface area contributed by atoms with Gasteiger partial charge in [0, 0.05) is 25.0 Å². The zero-order chi connectivity index (χ0) is 24.3. The van der Waals surface area contributed by atoms with Gasteiger partial charge >= 0.3 is 5.97 Å². The van der Waals surface area contributed by atoms with E-state index in [1.54, 1.807) is 31.3 Å². The molecular formula is C25H27N3O5S. The van der Waals surface area contributed by atoms with Gasteiger partial charge in [0.25, 0.3) is 0 Å². The van der Waals surface area contributed by atoms with Crippen LogP contribution >= 0.6 is 0 Å². The standard InChI is InChI=1S/C25H27N3O5S/c1-3-33-25(29)16-23-18(2)22(24-15-20(17-26)8-9-28(23)24)14-19-4-6-21(7-5-19)34(30,31)27-10-12-32-13-11-27/h4-9,15H,3,10-14,16H2,1-2H3. The van der Waals surface area contributed by atoms with E-state index in [4.69, 9.17) is 9.47 Å². The fraction of sp³-hybridized carbons (Fsp3) is 0.360. The maximum atomic E-state index is 12.9. The molecule has 34 heavy (non-hydrogen) atoms. The molecule has 0 amide bonds. The summed E-state index contributed by atoms with van der Waals surface area (Å²) in [6.45, 7) is 5.55. The number of sulfonamides is 1. The van der Waals surface area contributed by atoms with Crippen molar-refractivity contribution in [2.75, 3.05) is 32.9 Å². The van der Waals surface area contributed by atoms with E-state index in [0.29, 0.717) is 44.9 Å². The summed E-state index contributed by atoms with van der Waals surface area (Å²) in [4.78, 5) is 12.5. The number of aromatic nitrogens is 1. The van der Waals surface area contributed by atoms with Crippen LogP contribution in [0.25, 0.3) is 5.52 Å². The van der Waals surface area contributed by atoms with Crippen LogP contribution in [0.3, 0.4) is 0 Å². The highest BCUT2D eigenvalue weighted by Crippen LogP contribution is 2.28. The van der Waals surface area contributed by atoms with Crippen molar-refractivity contribution in [3.63, 3.8) is 0 Å². The van der Waals surface area contributed by atoms with Crippen LogP contribution in [0.5, 0.6) is 0 Å². The minimum Gasteiger partial charge on any atom is -0.466 e. The van der Waals surface area contributed by atoms with Crippen LogP contribution in [-0.2, 0) is 37.1 Å². The lowest BCUT2D eigenvalue weighted by Crippen LogP contribution is -2.40. The Morgan fingerprint density at radius 3 is 2.53 bits per heavy atom. The molecule has 0 saturated carbocycles. The van der Waals surface area contributed by atoms with Gasteiger partial charge in [-0.05, 0) is 61.2 Å². The van der Waals surface area contributed by atoms with E-state index >= 15 is 0 Å². The molecule has 0 N–H and O–H groups in total. The van der Waals surface area contributed by atoms with Crippen molar-refractivity contribution in [1.82, 2.24) is 8.71 Å². The summed E-state index contributed by atoms with van der Waals surface area (Å²) >= 11 is 0. The van der Waals surface area contributed by atoms with Crippen molar-refractivity contribution >= 4 is 21.5 Å². The van der Waals surface area contributed by atoms with Gasteiger partial charge < -0.3 is 13.9 Å². The molecule has 0 unspecified atom stereocenters. The molecule has 0 spiro atoms. The predicted octanol–water partition coefficient (Wildman–Crippen LogP) is 2.84. The topological polar surface area (TPSA) is 101 Å². The maximum Gasteiger partial charge on any atom is 0.311 e. The second-order valence-electron chi connectivity index (χ2n) is 8.15. The smallest absolute Gasteiger partial charge is 0.311 e. The molecule has 1 aliphatic heterocycles. The number of esters is 1. The van der Waals surface area contributed by atoms with Gasteiger partial charge in [-0.15, -0.1) is 0 Å². The highest BCUT2D eigenvalue weighted by molar-refractivity contribution is 7.89.